The van der Waals surface area contributed by atoms with Crippen LogP contribution in [0.15, 0.2) is 18.2 Å². The summed E-state index contributed by atoms with van der Waals surface area (Å²) < 4.78 is 4.64. The first-order valence-electron chi connectivity index (χ1n) is 4.82. The topological polar surface area (TPSA) is 26.3 Å². The maximum Gasteiger partial charge on any atom is 0.309 e. The number of methoxy groups -OCH3 is 1. The quantitative estimate of drug-likeness (QED) is 0.687. The van der Waals surface area contributed by atoms with Crippen molar-refractivity contribution in [1.82, 2.24) is 0 Å². The lowest BCUT2D eigenvalue weighted by Crippen LogP contribution is -2.06. The van der Waals surface area contributed by atoms with Crippen molar-refractivity contribution in [2.75, 3.05) is 7.11 Å². The molecule has 0 aromatic heterocycles. The van der Waals surface area contributed by atoms with E-state index >= 15 is 0 Å². The molecule has 2 heteroatoms. The summed E-state index contributed by atoms with van der Waals surface area (Å²) in [6.07, 6.45) is 1.33. The van der Waals surface area contributed by atoms with E-state index < -0.39 is 0 Å². The molecule has 1 rings (SSSR count). The van der Waals surface area contributed by atoms with E-state index in [2.05, 4.69) is 24.7 Å². The number of esters is 1. The summed E-state index contributed by atoms with van der Waals surface area (Å²) in [5.41, 5.74) is 3.54. The standard InChI is InChI=1S/C12H16O2/c1-4-10-7-9(2)5-6-11(10)8-12(13)14-3/h5-7H,4,8H2,1-3H3. The molecule has 14 heavy (non-hydrogen) atoms. The fourth-order valence-corrected chi connectivity index (χ4v) is 1.48. The van der Waals surface area contributed by atoms with Crippen LogP contribution in [0.4, 0.5) is 0 Å². The summed E-state index contributed by atoms with van der Waals surface area (Å²) in [6, 6.07) is 6.15. The zero-order chi connectivity index (χ0) is 10.6. The molecule has 0 heterocycles. The predicted octanol–water partition coefficient (Wildman–Crippen LogP) is 2.27. The number of hydrogen-bond donors (Lipinski definition) is 0. The van der Waals surface area contributed by atoms with Crippen LogP contribution >= 0.6 is 0 Å². The molecule has 0 aliphatic rings. The summed E-state index contributed by atoms with van der Waals surface area (Å²) in [5, 5.41) is 0. The highest BCUT2D eigenvalue weighted by molar-refractivity contribution is 5.72. The normalized spacial score (nSPS) is 9.93. The zero-order valence-electron chi connectivity index (χ0n) is 8.96. The molecule has 0 saturated carbocycles. The van der Waals surface area contributed by atoms with Gasteiger partial charge >= 0.3 is 5.97 Å². The second-order valence-electron chi connectivity index (χ2n) is 3.38. The van der Waals surface area contributed by atoms with Gasteiger partial charge in [0, 0.05) is 0 Å². The van der Waals surface area contributed by atoms with Gasteiger partial charge < -0.3 is 4.74 Å². The molecule has 2 nitrogen and oxygen atoms in total. The average molecular weight is 192 g/mol. The van der Waals surface area contributed by atoms with E-state index in [1.165, 1.54) is 18.2 Å². The monoisotopic (exact) mass is 192 g/mol. The first kappa shape index (κ1) is 10.8. The van der Waals surface area contributed by atoms with Gasteiger partial charge in [-0.3, -0.25) is 4.79 Å². The van der Waals surface area contributed by atoms with E-state index in [1.807, 2.05) is 12.1 Å². The smallest absolute Gasteiger partial charge is 0.309 e. The first-order valence-corrected chi connectivity index (χ1v) is 4.82. The molecule has 0 bridgehead atoms. The summed E-state index contributed by atoms with van der Waals surface area (Å²) in [4.78, 5) is 11.1. The van der Waals surface area contributed by atoms with E-state index in [0.717, 1.165) is 12.0 Å². The number of rotatable bonds is 3. The summed E-state index contributed by atoms with van der Waals surface area (Å²) in [5.74, 6) is -0.177. The Morgan fingerprint density at radius 2 is 2.07 bits per heavy atom. The number of benzene rings is 1. The Labute approximate surface area is 84.9 Å². The van der Waals surface area contributed by atoms with Crippen LogP contribution in [0.1, 0.15) is 23.6 Å². The molecule has 0 spiro atoms. The van der Waals surface area contributed by atoms with Crippen molar-refractivity contribution >= 4 is 5.97 Å². The van der Waals surface area contributed by atoms with E-state index in [1.54, 1.807) is 0 Å². The Bertz CT molecular complexity index is 329. The van der Waals surface area contributed by atoms with Crippen molar-refractivity contribution < 1.29 is 9.53 Å². The van der Waals surface area contributed by atoms with Gasteiger partial charge in [-0.25, -0.2) is 0 Å². The number of hydrogen-bond acceptors (Lipinski definition) is 2. The minimum absolute atomic E-state index is 0.177. The molecule has 0 N–H and O–H groups in total. The van der Waals surface area contributed by atoms with Crippen LogP contribution in [0.3, 0.4) is 0 Å². The van der Waals surface area contributed by atoms with Gasteiger partial charge in [0.05, 0.1) is 13.5 Å². The van der Waals surface area contributed by atoms with E-state index in [-0.39, 0.29) is 5.97 Å². The highest BCUT2D eigenvalue weighted by atomic mass is 16.5. The van der Waals surface area contributed by atoms with Crippen LogP contribution < -0.4 is 0 Å². The molecule has 0 aliphatic carbocycles. The lowest BCUT2D eigenvalue weighted by molar-refractivity contribution is -0.139. The van der Waals surface area contributed by atoms with Gasteiger partial charge in [-0.1, -0.05) is 30.7 Å². The van der Waals surface area contributed by atoms with Crippen LogP contribution in [-0.2, 0) is 22.4 Å². The van der Waals surface area contributed by atoms with Crippen LogP contribution in [0.25, 0.3) is 0 Å². The molecule has 0 fully saturated rings. The first-order chi connectivity index (χ1) is 6.67. The Morgan fingerprint density at radius 1 is 1.36 bits per heavy atom. The second-order valence-corrected chi connectivity index (χ2v) is 3.38. The van der Waals surface area contributed by atoms with Crippen LogP contribution in [0.2, 0.25) is 0 Å². The maximum absolute atomic E-state index is 11.1. The fraction of sp³-hybridized carbons (Fsp3) is 0.417. The number of carbonyl (C=O) groups excluding carboxylic acids is 1. The van der Waals surface area contributed by atoms with Crippen LogP contribution in [0, 0.1) is 6.92 Å². The molecule has 0 amide bonds. The third-order valence-electron chi connectivity index (χ3n) is 2.31. The van der Waals surface area contributed by atoms with Crippen molar-refractivity contribution in [3.05, 3.63) is 34.9 Å². The average Bonchev–Trinajstić information content (AvgIpc) is 2.20. The van der Waals surface area contributed by atoms with Crippen molar-refractivity contribution in [2.45, 2.75) is 26.7 Å². The molecule has 0 unspecified atom stereocenters. The Hall–Kier alpha value is -1.31. The summed E-state index contributed by atoms with van der Waals surface area (Å²) in [6.45, 7) is 4.15. The van der Waals surface area contributed by atoms with E-state index in [4.69, 9.17) is 0 Å². The van der Waals surface area contributed by atoms with Crippen LogP contribution in [-0.4, -0.2) is 13.1 Å². The van der Waals surface area contributed by atoms with Gasteiger partial charge in [0.15, 0.2) is 0 Å². The van der Waals surface area contributed by atoms with Crippen LogP contribution in [0.5, 0.6) is 0 Å². The van der Waals surface area contributed by atoms with Gasteiger partial charge in [0.2, 0.25) is 0 Å². The number of carbonyl (C=O) groups is 1. The zero-order valence-corrected chi connectivity index (χ0v) is 8.96. The number of ether oxygens (including phenoxy) is 1. The molecule has 76 valence electrons. The molecule has 0 atom stereocenters. The summed E-state index contributed by atoms with van der Waals surface area (Å²) in [7, 11) is 1.42. The third-order valence-corrected chi connectivity index (χ3v) is 2.31. The van der Waals surface area contributed by atoms with Crippen molar-refractivity contribution in [3.8, 4) is 0 Å². The minimum Gasteiger partial charge on any atom is -0.469 e. The van der Waals surface area contributed by atoms with Crippen molar-refractivity contribution in [2.24, 2.45) is 0 Å². The van der Waals surface area contributed by atoms with E-state index in [0.29, 0.717) is 6.42 Å². The van der Waals surface area contributed by atoms with Gasteiger partial charge in [-0.2, -0.15) is 0 Å². The molecular formula is C12H16O2. The maximum atomic E-state index is 11.1. The number of aryl methyl sites for hydroxylation is 2. The minimum atomic E-state index is -0.177. The lowest BCUT2D eigenvalue weighted by atomic mass is 10.0. The molecular weight excluding hydrogens is 176 g/mol. The van der Waals surface area contributed by atoms with Crippen molar-refractivity contribution in [3.63, 3.8) is 0 Å². The Balaban J connectivity index is 2.90. The summed E-state index contributed by atoms with van der Waals surface area (Å²) >= 11 is 0. The van der Waals surface area contributed by atoms with Gasteiger partial charge in [0.1, 0.15) is 0 Å². The lowest BCUT2D eigenvalue weighted by Gasteiger charge is -2.07. The fourth-order valence-electron chi connectivity index (χ4n) is 1.48. The predicted molar refractivity (Wildman–Crippen MR) is 56.3 cm³/mol. The Kier molecular flexibility index (Phi) is 3.69. The molecule has 1 aromatic rings. The largest absolute Gasteiger partial charge is 0.469 e. The molecule has 0 aliphatic heterocycles. The highest BCUT2D eigenvalue weighted by Crippen LogP contribution is 2.13. The van der Waals surface area contributed by atoms with Gasteiger partial charge in [0.25, 0.3) is 0 Å². The van der Waals surface area contributed by atoms with Gasteiger partial charge in [-0.15, -0.1) is 0 Å². The van der Waals surface area contributed by atoms with Crippen molar-refractivity contribution in [1.29, 1.82) is 0 Å². The second kappa shape index (κ2) is 4.80. The highest BCUT2D eigenvalue weighted by Gasteiger charge is 2.06. The Morgan fingerprint density at radius 3 is 2.64 bits per heavy atom. The molecule has 1 aromatic carbocycles. The van der Waals surface area contributed by atoms with Gasteiger partial charge in [-0.05, 0) is 24.5 Å². The molecule has 0 radical (unpaired) electrons. The SMILES string of the molecule is CCc1cc(C)ccc1CC(=O)OC. The van der Waals surface area contributed by atoms with E-state index in [9.17, 15) is 4.79 Å². The third kappa shape index (κ3) is 2.59. The molecule has 0 saturated heterocycles.